The second-order valence-corrected chi connectivity index (χ2v) is 11.2. The molecule has 6 rings (SSSR count). The van der Waals surface area contributed by atoms with Gasteiger partial charge >= 0.3 is 5.63 Å². The lowest BCUT2D eigenvalue weighted by Gasteiger charge is -2.52. The van der Waals surface area contributed by atoms with Gasteiger partial charge in [0.1, 0.15) is 11.3 Å². The van der Waals surface area contributed by atoms with E-state index in [-0.39, 0.29) is 30.1 Å². The molecule has 1 saturated heterocycles. The highest BCUT2D eigenvalue weighted by Gasteiger charge is 2.50. The zero-order valence-corrected chi connectivity index (χ0v) is 21.6. The van der Waals surface area contributed by atoms with Crippen molar-refractivity contribution in [1.29, 1.82) is 0 Å². The number of rotatable bonds is 4. The molecular weight excluding hydrogens is 490 g/mol. The molecule has 7 heteroatoms. The van der Waals surface area contributed by atoms with Crippen LogP contribution in [-0.4, -0.2) is 34.7 Å². The number of hydrogen-bond donors (Lipinski definition) is 1. The van der Waals surface area contributed by atoms with E-state index < -0.39 is 5.60 Å². The molecule has 2 aromatic carbocycles. The molecule has 194 valence electrons. The van der Waals surface area contributed by atoms with E-state index in [4.69, 9.17) is 20.8 Å². The molecule has 6 nitrogen and oxygen atoms in total. The van der Waals surface area contributed by atoms with Gasteiger partial charge in [-0.05, 0) is 80.3 Å². The minimum Gasteiger partial charge on any atom is -0.484 e. The van der Waals surface area contributed by atoms with Gasteiger partial charge in [-0.25, -0.2) is 4.79 Å². The third-order valence-electron chi connectivity index (χ3n) is 8.66. The van der Waals surface area contributed by atoms with Crippen LogP contribution in [0.4, 0.5) is 0 Å². The van der Waals surface area contributed by atoms with Crippen LogP contribution in [0.1, 0.15) is 67.7 Å². The smallest absolute Gasteiger partial charge is 0.339 e. The van der Waals surface area contributed by atoms with Gasteiger partial charge in [0.05, 0.1) is 11.6 Å². The van der Waals surface area contributed by atoms with E-state index in [9.17, 15) is 14.7 Å². The standard InChI is InChI=1S/C30H32ClNO5/c31-20-10-8-19(9-11-20)28-25-7-3-4-14-30(25,35)15-16-32(28)27(33)18-36-21-12-13-23-22-5-1-2-6-24(22)29(34)37-26(23)17-21/h8-13,17,25,28,35H,1-7,14-16,18H2/t25-,28+,30-/m1/s1. The van der Waals surface area contributed by atoms with Crippen LogP contribution in [0.3, 0.4) is 0 Å². The Hall–Kier alpha value is -2.83. The molecule has 2 fully saturated rings. The molecule has 3 atom stereocenters. The monoisotopic (exact) mass is 521 g/mol. The lowest BCUT2D eigenvalue weighted by Crippen LogP contribution is -2.56. The Bertz CT molecular complexity index is 1380. The molecule has 0 bridgehead atoms. The maximum absolute atomic E-state index is 13.5. The van der Waals surface area contributed by atoms with Crippen LogP contribution in [0.25, 0.3) is 11.0 Å². The first-order chi connectivity index (χ1) is 17.9. The Morgan fingerprint density at radius 1 is 1.05 bits per heavy atom. The predicted molar refractivity (Wildman–Crippen MR) is 142 cm³/mol. The number of ether oxygens (including phenoxy) is 1. The Labute approximate surface area is 221 Å². The molecule has 0 unspecified atom stereocenters. The van der Waals surface area contributed by atoms with E-state index in [1.54, 1.807) is 6.07 Å². The first-order valence-electron chi connectivity index (χ1n) is 13.4. The summed E-state index contributed by atoms with van der Waals surface area (Å²) in [6, 6.07) is 12.9. The van der Waals surface area contributed by atoms with Crippen molar-refractivity contribution in [3.63, 3.8) is 0 Å². The lowest BCUT2D eigenvalue weighted by molar-refractivity contribution is -0.157. The largest absolute Gasteiger partial charge is 0.484 e. The lowest BCUT2D eigenvalue weighted by atomic mass is 9.66. The summed E-state index contributed by atoms with van der Waals surface area (Å²) in [6.07, 6.45) is 8.00. The number of piperidine rings is 1. The zero-order chi connectivity index (χ0) is 25.6. The van der Waals surface area contributed by atoms with Crippen LogP contribution in [0.2, 0.25) is 5.02 Å². The van der Waals surface area contributed by atoms with Crippen LogP contribution >= 0.6 is 11.6 Å². The molecule has 1 N–H and O–H groups in total. The van der Waals surface area contributed by atoms with Crippen molar-refractivity contribution in [2.45, 2.75) is 69.4 Å². The van der Waals surface area contributed by atoms with Crippen molar-refractivity contribution < 1.29 is 19.1 Å². The first-order valence-corrected chi connectivity index (χ1v) is 13.8. The summed E-state index contributed by atoms with van der Waals surface area (Å²) in [5.41, 5.74) is 2.34. The summed E-state index contributed by atoms with van der Waals surface area (Å²) >= 11 is 6.15. The minimum atomic E-state index is -0.755. The summed E-state index contributed by atoms with van der Waals surface area (Å²) < 4.78 is 11.5. The maximum atomic E-state index is 13.5. The molecule has 2 heterocycles. The number of amides is 1. The quantitative estimate of drug-likeness (QED) is 0.452. The number of halogens is 1. The molecule has 0 radical (unpaired) electrons. The molecule has 37 heavy (non-hydrogen) atoms. The van der Waals surface area contributed by atoms with Crippen molar-refractivity contribution in [2.24, 2.45) is 5.92 Å². The average molecular weight is 522 g/mol. The molecule has 1 aromatic heterocycles. The fourth-order valence-electron chi connectivity index (χ4n) is 6.78. The van der Waals surface area contributed by atoms with Gasteiger partial charge in [-0.1, -0.05) is 36.6 Å². The third kappa shape index (κ3) is 4.55. The van der Waals surface area contributed by atoms with E-state index in [0.717, 1.165) is 73.4 Å². The van der Waals surface area contributed by atoms with Crippen molar-refractivity contribution in [2.75, 3.05) is 13.2 Å². The number of benzene rings is 2. The van der Waals surface area contributed by atoms with Crippen molar-refractivity contribution in [1.82, 2.24) is 4.90 Å². The molecular formula is C30H32ClNO5. The molecule has 1 aliphatic heterocycles. The van der Waals surface area contributed by atoms with Crippen molar-refractivity contribution >= 4 is 28.5 Å². The summed E-state index contributed by atoms with van der Waals surface area (Å²) in [6.45, 7) is 0.344. The van der Waals surface area contributed by atoms with Gasteiger partial charge in [-0.3, -0.25) is 4.79 Å². The van der Waals surface area contributed by atoms with Crippen LogP contribution < -0.4 is 10.4 Å². The predicted octanol–water partition coefficient (Wildman–Crippen LogP) is 5.60. The fraction of sp³-hybridized carbons (Fsp3) is 0.467. The summed E-state index contributed by atoms with van der Waals surface area (Å²) in [4.78, 5) is 27.9. The zero-order valence-electron chi connectivity index (χ0n) is 20.9. The maximum Gasteiger partial charge on any atom is 0.339 e. The number of fused-ring (bicyclic) bond motifs is 4. The van der Waals surface area contributed by atoms with Gasteiger partial charge in [0.15, 0.2) is 6.61 Å². The van der Waals surface area contributed by atoms with Crippen LogP contribution in [0.5, 0.6) is 5.75 Å². The summed E-state index contributed by atoms with van der Waals surface area (Å²) in [5.74, 6) is 0.342. The second-order valence-electron chi connectivity index (χ2n) is 10.8. The highest BCUT2D eigenvalue weighted by Crippen LogP contribution is 2.49. The normalized spacial score (nSPS) is 25.4. The van der Waals surface area contributed by atoms with Crippen LogP contribution in [0, 0.1) is 5.92 Å². The number of carbonyl (C=O) groups excluding carboxylic acids is 1. The highest BCUT2D eigenvalue weighted by atomic mass is 35.5. The van der Waals surface area contributed by atoms with E-state index in [1.807, 2.05) is 41.3 Å². The highest BCUT2D eigenvalue weighted by molar-refractivity contribution is 6.30. The van der Waals surface area contributed by atoms with Crippen LogP contribution in [-0.2, 0) is 17.6 Å². The molecule has 1 amide bonds. The fourth-order valence-corrected chi connectivity index (χ4v) is 6.90. The number of aliphatic hydroxyl groups is 1. The van der Waals surface area contributed by atoms with E-state index in [2.05, 4.69) is 0 Å². The number of hydrogen-bond acceptors (Lipinski definition) is 5. The van der Waals surface area contributed by atoms with E-state index >= 15 is 0 Å². The van der Waals surface area contributed by atoms with Crippen molar-refractivity contribution in [3.8, 4) is 5.75 Å². The molecule has 2 aliphatic carbocycles. The molecule has 0 spiro atoms. The minimum absolute atomic E-state index is 0.0266. The number of carbonyl (C=O) groups is 1. The Morgan fingerprint density at radius 3 is 2.65 bits per heavy atom. The van der Waals surface area contributed by atoms with Crippen LogP contribution in [0.15, 0.2) is 51.7 Å². The van der Waals surface area contributed by atoms with Gasteiger partial charge < -0.3 is 19.2 Å². The van der Waals surface area contributed by atoms with Gasteiger partial charge in [0.2, 0.25) is 0 Å². The summed E-state index contributed by atoms with van der Waals surface area (Å²) in [5, 5.41) is 13.1. The van der Waals surface area contributed by atoms with Gasteiger partial charge in [-0.15, -0.1) is 0 Å². The molecule has 1 saturated carbocycles. The van der Waals surface area contributed by atoms with Crippen molar-refractivity contribution in [3.05, 3.63) is 74.6 Å². The number of aryl methyl sites for hydroxylation is 1. The molecule has 3 aromatic rings. The Kier molecular flexibility index (Phi) is 6.49. The van der Waals surface area contributed by atoms with E-state index in [1.165, 1.54) is 0 Å². The average Bonchev–Trinajstić information content (AvgIpc) is 2.91. The SMILES string of the molecule is O=C(COc1ccc2c3c(c(=O)oc2c1)CCCC3)N1CC[C@]2(O)CCCC[C@@H]2[C@@H]1c1ccc(Cl)cc1. The Balaban J connectivity index is 1.24. The summed E-state index contributed by atoms with van der Waals surface area (Å²) in [7, 11) is 0. The second kappa shape index (κ2) is 9.80. The van der Waals surface area contributed by atoms with Gasteiger partial charge in [0, 0.05) is 34.5 Å². The first kappa shape index (κ1) is 24.5. The van der Waals surface area contributed by atoms with Gasteiger partial charge in [0.25, 0.3) is 5.91 Å². The third-order valence-corrected chi connectivity index (χ3v) is 8.91. The topological polar surface area (TPSA) is 80.0 Å². The Morgan fingerprint density at radius 2 is 1.84 bits per heavy atom. The van der Waals surface area contributed by atoms with Gasteiger partial charge in [-0.2, -0.15) is 0 Å². The molecule has 3 aliphatic rings. The number of likely N-dealkylation sites (tertiary alicyclic amines) is 1. The van der Waals surface area contributed by atoms with E-state index in [0.29, 0.717) is 29.3 Å². The number of nitrogens with zero attached hydrogens (tertiary/aromatic N) is 1.